The Bertz CT molecular complexity index is 1310. The first kappa shape index (κ1) is 21.3. The summed E-state index contributed by atoms with van der Waals surface area (Å²) in [4.78, 5) is 5.57. The van der Waals surface area contributed by atoms with E-state index in [0.717, 1.165) is 21.8 Å². The largest absolute Gasteiger partial charge is 0.493 e. The zero-order chi connectivity index (χ0) is 22.0. The molecule has 4 rings (SSSR count). The first-order valence-corrected chi connectivity index (χ1v) is 11.9. The Kier molecular flexibility index (Phi) is 5.94. The Balaban J connectivity index is 1.50. The van der Waals surface area contributed by atoms with Crippen LogP contribution in [0.15, 0.2) is 52.7 Å². The maximum absolute atomic E-state index is 12.5. The number of aromatic nitrogens is 3. The highest BCUT2D eigenvalue weighted by Crippen LogP contribution is 2.31. The number of thiazole rings is 1. The van der Waals surface area contributed by atoms with E-state index in [1.165, 1.54) is 11.3 Å². The van der Waals surface area contributed by atoms with Crippen molar-refractivity contribution in [2.24, 2.45) is 0 Å². The number of benzene rings is 2. The molecule has 0 bridgehead atoms. The van der Waals surface area contributed by atoms with Crippen LogP contribution in [0.2, 0.25) is 0 Å². The van der Waals surface area contributed by atoms with E-state index in [1.807, 2.05) is 30.5 Å². The Morgan fingerprint density at radius 1 is 1.06 bits per heavy atom. The van der Waals surface area contributed by atoms with Gasteiger partial charge in [0.25, 0.3) is 0 Å². The third kappa shape index (κ3) is 4.41. The van der Waals surface area contributed by atoms with Gasteiger partial charge in [-0.3, -0.25) is 0 Å². The first-order valence-electron chi connectivity index (χ1n) is 9.53. The summed E-state index contributed by atoms with van der Waals surface area (Å²) in [5.74, 6) is 1.80. The highest BCUT2D eigenvalue weighted by molar-refractivity contribution is 7.89. The molecule has 0 aliphatic rings. The average Bonchev–Trinajstić information content (AvgIpc) is 3.35. The van der Waals surface area contributed by atoms with E-state index >= 15 is 0 Å². The number of sulfonamides is 1. The number of methoxy groups -OCH3 is 2. The minimum Gasteiger partial charge on any atom is -0.493 e. The van der Waals surface area contributed by atoms with E-state index < -0.39 is 10.0 Å². The number of aryl methyl sites for hydroxylation is 1. The highest BCUT2D eigenvalue weighted by Gasteiger charge is 2.16. The molecule has 0 saturated heterocycles. The van der Waals surface area contributed by atoms with Crippen LogP contribution in [0.4, 0.5) is 0 Å². The van der Waals surface area contributed by atoms with Gasteiger partial charge in [0.05, 0.1) is 24.8 Å². The summed E-state index contributed by atoms with van der Waals surface area (Å²) in [5.41, 5.74) is 2.70. The van der Waals surface area contributed by atoms with Crippen LogP contribution in [0.1, 0.15) is 11.3 Å². The molecule has 0 aliphatic heterocycles. The molecule has 2 aromatic carbocycles. The molecule has 0 unspecified atom stereocenters. The smallest absolute Gasteiger partial charge is 0.240 e. The van der Waals surface area contributed by atoms with E-state index in [-0.39, 0.29) is 11.4 Å². The van der Waals surface area contributed by atoms with Gasteiger partial charge >= 0.3 is 0 Å². The van der Waals surface area contributed by atoms with Crippen molar-refractivity contribution in [1.29, 1.82) is 0 Å². The molecule has 0 atom stereocenters. The molecule has 2 aromatic heterocycles. The van der Waals surface area contributed by atoms with Crippen molar-refractivity contribution in [2.45, 2.75) is 18.2 Å². The van der Waals surface area contributed by atoms with E-state index in [0.29, 0.717) is 23.7 Å². The number of nitrogens with one attached hydrogen (secondary N) is 1. The monoisotopic (exact) mass is 458 g/mol. The van der Waals surface area contributed by atoms with Crippen LogP contribution >= 0.6 is 11.3 Å². The molecule has 0 aliphatic carbocycles. The standard InChI is InChI=1S/C21H22N4O4S2/c1-14-4-7-17(8-5-14)31(26,27)22-11-10-16-13-30-21-23-20(24-25(16)21)15-6-9-18(28-2)19(12-15)29-3/h4-9,12-13,22H,10-11H2,1-3H3. The molecule has 0 saturated carbocycles. The van der Waals surface area contributed by atoms with Gasteiger partial charge in [-0.2, -0.15) is 4.98 Å². The second-order valence-electron chi connectivity index (χ2n) is 6.89. The van der Waals surface area contributed by atoms with Crippen LogP contribution in [-0.2, 0) is 16.4 Å². The minimum absolute atomic E-state index is 0.255. The summed E-state index contributed by atoms with van der Waals surface area (Å²) in [6.07, 6.45) is 0.486. The van der Waals surface area contributed by atoms with E-state index in [2.05, 4.69) is 14.8 Å². The number of fused-ring (bicyclic) bond motifs is 1. The van der Waals surface area contributed by atoms with Gasteiger partial charge < -0.3 is 9.47 Å². The van der Waals surface area contributed by atoms with E-state index in [4.69, 9.17) is 9.47 Å². The van der Waals surface area contributed by atoms with Crippen molar-refractivity contribution in [3.8, 4) is 22.9 Å². The molecule has 1 N–H and O–H groups in total. The minimum atomic E-state index is -3.55. The third-order valence-electron chi connectivity index (χ3n) is 4.80. The lowest BCUT2D eigenvalue weighted by Gasteiger charge is -2.08. The van der Waals surface area contributed by atoms with E-state index in [1.54, 1.807) is 43.0 Å². The summed E-state index contributed by atoms with van der Waals surface area (Å²) in [6, 6.07) is 12.3. The van der Waals surface area contributed by atoms with Gasteiger partial charge in [-0.15, -0.1) is 16.4 Å². The Hall–Kier alpha value is -2.95. The summed E-state index contributed by atoms with van der Waals surface area (Å²) in [5, 5.41) is 6.54. The van der Waals surface area contributed by atoms with Gasteiger partial charge in [0.15, 0.2) is 17.3 Å². The molecular formula is C21H22N4O4S2. The summed E-state index contributed by atoms with van der Waals surface area (Å²) >= 11 is 1.46. The zero-order valence-electron chi connectivity index (χ0n) is 17.3. The van der Waals surface area contributed by atoms with Crippen molar-refractivity contribution < 1.29 is 17.9 Å². The van der Waals surface area contributed by atoms with Crippen molar-refractivity contribution in [1.82, 2.24) is 19.3 Å². The fraction of sp³-hybridized carbons (Fsp3) is 0.238. The lowest BCUT2D eigenvalue weighted by Crippen LogP contribution is -2.26. The quantitative estimate of drug-likeness (QED) is 0.435. The summed E-state index contributed by atoms with van der Waals surface area (Å²) in [6.45, 7) is 2.17. The van der Waals surface area contributed by atoms with Crippen LogP contribution < -0.4 is 14.2 Å². The van der Waals surface area contributed by atoms with Gasteiger partial charge in [-0.05, 0) is 37.3 Å². The topological polar surface area (TPSA) is 94.8 Å². The highest BCUT2D eigenvalue weighted by atomic mass is 32.2. The first-order chi connectivity index (χ1) is 14.9. The van der Waals surface area contributed by atoms with Crippen LogP contribution in [0.3, 0.4) is 0 Å². The SMILES string of the molecule is COc1ccc(-c2nc3scc(CCNS(=O)(=O)c4ccc(C)cc4)n3n2)cc1OC. The fourth-order valence-corrected chi connectivity index (χ4v) is 5.00. The van der Waals surface area contributed by atoms with Crippen molar-refractivity contribution in [2.75, 3.05) is 20.8 Å². The lowest BCUT2D eigenvalue weighted by molar-refractivity contribution is 0.355. The molecule has 31 heavy (non-hydrogen) atoms. The normalized spacial score (nSPS) is 11.7. The van der Waals surface area contributed by atoms with Gasteiger partial charge in [0.1, 0.15) is 0 Å². The van der Waals surface area contributed by atoms with Gasteiger partial charge in [-0.1, -0.05) is 17.7 Å². The van der Waals surface area contributed by atoms with Crippen LogP contribution in [0.5, 0.6) is 11.5 Å². The molecule has 0 fully saturated rings. The summed E-state index contributed by atoms with van der Waals surface area (Å²) < 4.78 is 40.0. The molecular weight excluding hydrogens is 436 g/mol. The second kappa shape index (κ2) is 8.66. The predicted octanol–water partition coefficient (Wildman–Crippen LogP) is 3.30. The lowest BCUT2D eigenvalue weighted by atomic mass is 10.2. The Morgan fingerprint density at radius 2 is 1.81 bits per heavy atom. The van der Waals surface area contributed by atoms with Crippen LogP contribution in [-0.4, -0.2) is 43.8 Å². The third-order valence-corrected chi connectivity index (χ3v) is 7.14. The number of hydrogen-bond donors (Lipinski definition) is 1. The van der Waals surface area contributed by atoms with Gasteiger partial charge in [0.2, 0.25) is 15.0 Å². The van der Waals surface area contributed by atoms with Crippen molar-refractivity contribution in [3.05, 3.63) is 59.1 Å². The van der Waals surface area contributed by atoms with Gasteiger partial charge in [-0.25, -0.2) is 17.7 Å². The van der Waals surface area contributed by atoms with Crippen LogP contribution in [0, 0.1) is 6.92 Å². The maximum Gasteiger partial charge on any atom is 0.240 e. The predicted molar refractivity (Wildman–Crippen MR) is 119 cm³/mol. The molecule has 0 radical (unpaired) electrons. The molecule has 0 amide bonds. The molecule has 0 spiro atoms. The van der Waals surface area contributed by atoms with E-state index in [9.17, 15) is 8.42 Å². The van der Waals surface area contributed by atoms with Crippen molar-refractivity contribution >= 4 is 26.3 Å². The molecule has 2 heterocycles. The van der Waals surface area contributed by atoms with Crippen molar-refractivity contribution in [3.63, 3.8) is 0 Å². The second-order valence-corrected chi connectivity index (χ2v) is 9.49. The molecule has 4 aromatic rings. The average molecular weight is 459 g/mol. The number of hydrogen-bond acceptors (Lipinski definition) is 7. The Labute approximate surface area is 184 Å². The number of nitrogens with zero attached hydrogens (tertiary/aromatic N) is 3. The molecule has 10 heteroatoms. The Morgan fingerprint density at radius 3 is 2.52 bits per heavy atom. The molecule has 162 valence electrons. The number of rotatable bonds is 8. The molecule has 8 nitrogen and oxygen atoms in total. The number of ether oxygens (including phenoxy) is 2. The zero-order valence-corrected chi connectivity index (χ0v) is 19.0. The maximum atomic E-state index is 12.5. The summed E-state index contributed by atoms with van der Waals surface area (Å²) in [7, 11) is -0.388. The van der Waals surface area contributed by atoms with Gasteiger partial charge in [0, 0.05) is 23.9 Å². The fourth-order valence-electron chi connectivity index (χ4n) is 3.11. The van der Waals surface area contributed by atoms with Crippen LogP contribution in [0.25, 0.3) is 16.3 Å².